The summed E-state index contributed by atoms with van der Waals surface area (Å²) in [4.78, 5) is 0. The Kier molecular flexibility index (Phi) is 2.73. The van der Waals surface area contributed by atoms with Crippen molar-refractivity contribution in [3.63, 3.8) is 0 Å². The second-order valence-corrected chi connectivity index (χ2v) is 7.04. The van der Waals surface area contributed by atoms with Crippen LogP contribution in [0.4, 0.5) is 0 Å². The normalized spacial score (nSPS) is 55.1. The third-order valence-corrected chi connectivity index (χ3v) is 7.30. The van der Waals surface area contributed by atoms with Gasteiger partial charge >= 0.3 is 0 Å². The predicted molar refractivity (Wildman–Crippen MR) is 72.1 cm³/mol. The first-order valence-corrected chi connectivity index (χ1v) is 8.80. The Hall–Kier alpha value is 0.531. The molecule has 4 saturated carbocycles. The molecule has 0 N–H and O–H groups in total. The lowest BCUT2D eigenvalue weighted by molar-refractivity contribution is -0.321. The fourth-order valence-corrected chi connectivity index (χ4v) is 7.67. The van der Waals surface area contributed by atoms with Gasteiger partial charge in [0.1, 0.15) is 37.1 Å². The van der Waals surface area contributed by atoms with Crippen LogP contribution < -0.4 is 0 Å². The third kappa shape index (κ3) is 1.23. The van der Waals surface area contributed by atoms with Gasteiger partial charge in [-0.25, -0.2) is 0 Å². The Bertz CT molecular complexity index is 281. The number of rotatable bonds is 3. The Balaban J connectivity index is 2.04. The summed E-state index contributed by atoms with van der Waals surface area (Å²) >= 11 is 0. The molecule has 0 aromatic carbocycles. The zero-order valence-corrected chi connectivity index (χ0v) is 16.5. The lowest BCUT2D eigenvalue weighted by Gasteiger charge is -2.65. The SMILES string of the molecule is [SiH3]OC12CC3CC(CC(C3)C1(O[SiH3])O[SiH3])C2. The first kappa shape index (κ1) is 11.6. The van der Waals surface area contributed by atoms with E-state index in [9.17, 15) is 0 Å². The molecule has 4 bridgehead atoms. The van der Waals surface area contributed by atoms with Crippen molar-refractivity contribution in [2.24, 2.45) is 17.8 Å². The maximum atomic E-state index is 6.08. The molecule has 4 aliphatic carbocycles. The van der Waals surface area contributed by atoms with Crippen LogP contribution in [0.5, 0.6) is 0 Å². The van der Waals surface area contributed by atoms with E-state index < -0.39 is 0 Å². The molecule has 0 spiro atoms. The smallest absolute Gasteiger partial charge is 0.179 e. The van der Waals surface area contributed by atoms with E-state index in [1.165, 1.54) is 32.1 Å². The van der Waals surface area contributed by atoms with Gasteiger partial charge in [0, 0.05) is 5.92 Å². The van der Waals surface area contributed by atoms with E-state index in [1.54, 1.807) is 0 Å². The van der Waals surface area contributed by atoms with Gasteiger partial charge in [0.15, 0.2) is 5.79 Å². The standard InChI is InChI=1S/C10H22O3Si3/c14-11-9-4-6-1-7(5-9)3-8(2-6)10(9,12-15)13-16/h6-8H,1-5H2,14-16H3. The molecule has 0 saturated heterocycles. The first-order valence-electron chi connectivity index (χ1n) is 6.35. The van der Waals surface area contributed by atoms with E-state index in [1.807, 2.05) is 0 Å². The molecule has 0 aliphatic heterocycles. The fourth-order valence-electron chi connectivity index (χ4n) is 4.98. The van der Waals surface area contributed by atoms with Gasteiger partial charge in [-0.15, -0.1) is 0 Å². The highest BCUT2D eigenvalue weighted by molar-refractivity contribution is 6.01. The summed E-state index contributed by atoms with van der Waals surface area (Å²) in [6.45, 7) is 0. The van der Waals surface area contributed by atoms with E-state index in [2.05, 4.69) is 0 Å². The van der Waals surface area contributed by atoms with Gasteiger partial charge in [-0.2, -0.15) is 0 Å². The van der Waals surface area contributed by atoms with E-state index in [0.717, 1.165) is 43.3 Å². The average Bonchev–Trinajstić information content (AvgIpc) is 2.29. The van der Waals surface area contributed by atoms with E-state index in [0.29, 0.717) is 5.92 Å². The molecule has 6 heteroatoms. The van der Waals surface area contributed by atoms with Crippen LogP contribution in [0.1, 0.15) is 32.1 Å². The van der Waals surface area contributed by atoms with E-state index in [4.69, 9.17) is 13.3 Å². The summed E-state index contributed by atoms with van der Waals surface area (Å²) in [7, 11) is 2.32. The summed E-state index contributed by atoms with van der Waals surface area (Å²) in [6, 6.07) is 0. The summed E-state index contributed by atoms with van der Waals surface area (Å²) < 4.78 is 18.1. The zero-order chi connectivity index (χ0) is 11.4. The largest absolute Gasteiger partial charge is 0.417 e. The van der Waals surface area contributed by atoms with Crippen molar-refractivity contribution in [3.05, 3.63) is 0 Å². The number of hydrogen-bond acceptors (Lipinski definition) is 3. The van der Waals surface area contributed by atoms with Crippen molar-refractivity contribution in [2.45, 2.75) is 43.5 Å². The van der Waals surface area contributed by atoms with Crippen LogP contribution in [0.25, 0.3) is 0 Å². The monoisotopic (exact) mass is 274 g/mol. The third-order valence-electron chi connectivity index (χ3n) is 5.31. The van der Waals surface area contributed by atoms with Crippen LogP contribution in [-0.4, -0.2) is 42.8 Å². The second-order valence-electron chi connectivity index (χ2n) is 5.82. The molecular weight excluding hydrogens is 252 g/mol. The van der Waals surface area contributed by atoms with Crippen molar-refractivity contribution in [1.29, 1.82) is 0 Å². The van der Waals surface area contributed by atoms with Gasteiger partial charge in [-0.1, -0.05) is 0 Å². The minimum Gasteiger partial charge on any atom is -0.417 e. The van der Waals surface area contributed by atoms with Crippen molar-refractivity contribution in [2.75, 3.05) is 0 Å². The maximum Gasteiger partial charge on any atom is 0.179 e. The quantitative estimate of drug-likeness (QED) is 0.447. The highest BCUT2D eigenvalue weighted by Crippen LogP contribution is 2.62. The van der Waals surface area contributed by atoms with Gasteiger partial charge < -0.3 is 13.3 Å². The molecule has 4 rings (SSSR count). The highest BCUT2D eigenvalue weighted by atomic mass is 28.2. The van der Waals surface area contributed by atoms with Crippen molar-refractivity contribution in [3.8, 4) is 0 Å². The van der Waals surface area contributed by atoms with Crippen LogP contribution in [0.15, 0.2) is 0 Å². The van der Waals surface area contributed by atoms with Gasteiger partial charge in [-0.05, 0) is 43.9 Å². The summed E-state index contributed by atoms with van der Waals surface area (Å²) in [5.41, 5.74) is -0.0581. The predicted octanol–water partition coefficient (Wildman–Crippen LogP) is -1.85. The van der Waals surface area contributed by atoms with Crippen molar-refractivity contribution < 1.29 is 13.3 Å². The Morgan fingerprint density at radius 2 is 1.38 bits per heavy atom. The van der Waals surface area contributed by atoms with Gasteiger partial charge in [0.2, 0.25) is 0 Å². The minimum absolute atomic E-state index is 0.0581. The van der Waals surface area contributed by atoms with Gasteiger partial charge in [0.05, 0.1) is 0 Å². The molecule has 2 unspecified atom stereocenters. The molecule has 0 heterocycles. The van der Waals surface area contributed by atoms with Crippen LogP contribution in [0.3, 0.4) is 0 Å². The molecule has 0 amide bonds. The van der Waals surface area contributed by atoms with Crippen molar-refractivity contribution in [1.82, 2.24) is 0 Å². The average molecular weight is 275 g/mol. The minimum atomic E-state index is -0.333. The first-order chi connectivity index (χ1) is 7.69. The Labute approximate surface area is 106 Å². The zero-order valence-electron chi connectivity index (χ0n) is 10.5. The van der Waals surface area contributed by atoms with Crippen molar-refractivity contribution >= 4 is 31.5 Å². The fraction of sp³-hybridized carbons (Fsp3) is 1.00. The van der Waals surface area contributed by atoms with E-state index >= 15 is 0 Å². The molecule has 92 valence electrons. The molecule has 0 aromatic rings. The molecule has 3 nitrogen and oxygen atoms in total. The van der Waals surface area contributed by atoms with Crippen LogP contribution in [-0.2, 0) is 13.3 Å². The summed E-state index contributed by atoms with van der Waals surface area (Å²) in [5, 5.41) is 0. The molecule has 0 radical (unpaired) electrons. The Morgan fingerprint density at radius 3 is 1.81 bits per heavy atom. The van der Waals surface area contributed by atoms with Crippen LogP contribution in [0.2, 0.25) is 0 Å². The lowest BCUT2D eigenvalue weighted by Crippen LogP contribution is -2.71. The van der Waals surface area contributed by atoms with Gasteiger partial charge in [-0.3, -0.25) is 0 Å². The highest BCUT2D eigenvalue weighted by Gasteiger charge is 2.66. The van der Waals surface area contributed by atoms with Crippen LogP contribution >= 0.6 is 0 Å². The molecule has 2 atom stereocenters. The Morgan fingerprint density at radius 1 is 0.812 bits per heavy atom. The van der Waals surface area contributed by atoms with Crippen LogP contribution in [0, 0.1) is 17.8 Å². The summed E-state index contributed by atoms with van der Waals surface area (Å²) in [5.74, 6) is 2.05. The van der Waals surface area contributed by atoms with E-state index in [-0.39, 0.29) is 11.4 Å². The molecule has 4 aliphatic rings. The second kappa shape index (κ2) is 3.76. The lowest BCUT2D eigenvalue weighted by atomic mass is 9.51. The van der Waals surface area contributed by atoms with Gasteiger partial charge in [0.25, 0.3) is 0 Å². The molecular formula is C10H22O3Si3. The molecule has 4 fully saturated rings. The summed E-state index contributed by atoms with van der Waals surface area (Å²) in [6.07, 6.45) is 6.44. The maximum absolute atomic E-state index is 6.08. The topological polar surface area (TPSA) is 27.7 Å². The molecule has 16 heavy (non-hydrogen) atoms. The number of hydrogen-bond donors (Lipinski definition) is 0. The molecule has 0 aromatic heterocycles.